The van der Waals surface area contributed by atoms with Crippen molar-refractivity contribution in [2.24, 2.45) is 0 Å². The van der Waals surface area contributed by atoms with Crippen LogP contribution in [-0.2, 0) is 28.6 Å². The molecule has 0 spiro atoms. The van der Waals surface area contributed by atoms with E-state index in [1.165, 1.54) is 0 Å². The van der Waals surface area contributed by atoms with Crippen molar-refractivity contribution in [2.75, 3.05) is 13.2 Å². The number of hydrogen-bond acceptors (Lipinski definition) is 6. The van der Waals surface area contributed by atoms with Gasteiger partial charge in [-0.25, -0.2) is 0 Å². The lowest BCUT2D eigenvalue weighted by atomic mass is 10.1. The van der Waals surface area contributed by atoms with E-state index in [0.29, 0.717) is 12.8 Å². The predicted octanol–water partition coefficient (Wildman–Crippen LogP) is 22.0. The van der Waals surface area contributed by atoms with E-state index in [2.05, 4.69) is 227 Å². The van der Waals surface area contributed by atoms with E-state index in [1.807, 2.05) is 0 Å². The Balaban J connectivity index is 4.29. The maximum Gasteiger partial charge on any atom is 0.306 e. The fraction of sp³-hybridized carbons (Fsp3) is 0.507. The monoisotopic (exact) mass is 1110 g/mol. The van der Waals surface area contributed by atoms with Crippen molar-refractivity contribution in [3.8, 4) is 0 Å². The summed E-state index contributed by atoms with van der Waals surface area (Å²) in [5, 5.41) is 0. The lowest BCUT2D eigenvalue weighted by molar-refractivity contribution is -0.167. The van der Waals surface area contributed by atoms with Gasteiger partial charge in [-0.15, -0.1) is 0 Å². The average molecular weight is 1110 g/mol. The molecule has 1 unspecified atom stereocenters. The fourth-order valence-corrected chi connectivity index (χ4v) is 7.63. The summed E-state index contributed by atoms with van der Waals surface area (Å²) in [7, 11) is 0. The molecule has 0 N–H and O–H groups in total. The van der Waals surface area contributed by atoms with Crippen LogP contribution in [-0.4, -0.2) is 37.2 Å². The molecule has 0 aliphatic heterocycles. The number of carbonyl (C=O) groups is 3. The summed E-state index contributed by atoms with van der Waals surface area (Å²) in [6.45, 7) is 6.23. The van der Waals surface area contributed by atoms with Crippen molar-refractivity contribution >= 4 is 17.9 Å². The molecule has 0 aliphatic carbocycles. The van der Waals surface area contributed by atoms with Crippen LogP contribution < -0.4 is 0 Å². The predicted molar refractivity (Wildman–Crippen MR) is 352 cm³/mol. The number of ether oxygens (including phenoxy) is 3. The minimum absolute atomic E-state index is 0.119. The third-order valence-electron chi connectivity index (χ3n) is 12.3. The van der Waals surface area contributed by atoms with E-state index in [9.17, 15) is 14.4 Å². The first-order chi connectivity index (χ1) is 40.0. The van der Waals surface area contributed by atoms with Crippen LogP contribution in [0.2, 0.25) is 0 Å². The Hall–Kier alpha value is -6.01. The Morgan fingerprint density at radius 3 is 0.790 bits per heavy atom. The SMILES string of the molecule is CC/C=C\C/C=C\C/C=C\C/C=C\C/C=C\C/C=C\C/C=C\C/C=C\C/C=C\CCCC(=O)OCC(COC(=O)CCCCCCC)OC(=O)CCCCCC/C=C\C/C=C\C/C=C\C/C=C\C/C=C\C/C=C\C/C=C\C/C=C\CC. The number of esters is 3. The van der Waals surface area contributed by atoms with Gasteiger partial charge < -0.3 is 14.2 Å². The molecular weight excluding hydrogens is 997 g/mol. The molecule has 0 aromatic carbocycles. The van der Waals surface area contributed by atoms with Crippen LogP contribution in [0.15, 0.2) is 207 Å². The van der Waals surface area contributed by atoms with Crippen molar-refractivity contribution in [3.05, 3.63) is 207 Å². The first-order valence-corrected chi connectivity index (χ1v) is 31.6. The number of unbranched alkanes of at least 4 members (excludes halogenated alkanes) is 9. The average Bonchev–Trinajstić information content (AvgIpc) is 3.47. The summed E-state index contributed by atoms with van der Waals surface area (Å²) < 4.78 is 16.7. The standard InChI is InChI=1S/C75H112O6/c1-4-7-10-13-15-17-19-21-23-25-27-29-31-33-35-37-39-41-43-45-47-49-51-53-55-57-59-62-65-68-74(77)80-71-72(70-79-73(76)67-64-61-12-9-6-3)81-75(78)69-66-63-60-58-56-54-52-50-48-46-44-42-40-38-36-34-32-30-28-26-24-22-20-18-16-14-11-8-5-2/h7-8,10-11,15-18,21-24,27-30,33-36,39-42,45-48,51-54,57,59,72H,4-6,9,12-14,19-20,25-26,31-32,37-38,43-44,49-50,55-56,58,60-71H2,1-3H3/b10-7-,11-8-,17-15-,18-16-,23-21-,24-22-,29-27-,30-28-,35-33-,36-34-,41-39-,42-40-,47-45-,48-46-,53-51-,54-52-,59-57-. The third-order valence-corrected chi connectivity index (χ3v) is 12.3. The van der Waals surface area contributed by atoms with E-state index in [0.717, 1.165) is 180 Å². The maximum atomic E-state index is 12.8. The summed E-state index contributed by atoms with van der Waals surface area (Å²) in [5.74, 6) is -1.04. The van der Waals surface area contributed by atoms with Crippen LogP contribution in [0.1, 0.15) is 226 Å². The molecule has 0 aromatic rings. The van der Waals surface area contributed by atoms with Gasteiger partial charge in [0.2, 0.25) is 0 Å². The fourth-order valence-electron chi connectivity index (χ4n) is 7.63. The highest BCUT2D eigenvalue weighted by Crippen LogP contribution is 2.11. The maximum absolute atomic E-state index is 12.8. The smallest absolute Gasteiger partial charge is 0.306 e. The lowest BCUT2D eigenvalue weighted by Crippen LogP contribution is -2.30. The minimum Gasteiger partial charge on any atom is -0.462 e. The Kier molecular flexibility index (Phi) is 61.6. The van der Waals surface area contributed by atoms with Gasteiger partial charge in [-0.05, 0) is 148 Å². The quantitative estimate of drug-likeness (QED) is 0.0261. The highest BCUT2D eigenvalue weighted by molar-refractivity contribution is 5.71. The van der Waals surface area contributed by atoms with Crippen LogP contribution in [0.4, 0.5) is 0 Å². The van der Waals surface area contributed by atoms with Gasteiger partial charge in [0.25, 0.3) is 0 Å². The van der Waals surface area contributed by atoms with Crippen molar-refractivity contribution in [1.82, 2.24) is 0 Å². The molecule has 81 heavy (non-hydrogen) atoms. The molecule has 0 bridgehead atoms. The van der Waals surface area contributed by atoms with Gasteiger partial charge in [-0.1, -0.05) is 266 Å². The van der Waals surface area contributed by atoms with Gasteiger partial charge in [-0.3, -0.25) is 14.4 Å². The van der Waals surface area contributed by atoms with Crippen LogP contribution in [0.3, 0.4) is 0 Å². The topological polar surface area (TPSA) is 78.9 Å². The molecule has 6 heteroatoms. The second kappa shape index (κ2) is 66.5. The van der Waals surface area contributed by atoms with Crippen LogP contribution in [0.5, 0.6) is 0 Å². The first kappa shape index (κ1) is 75.0. The van der Waals surface area contributed by atoms with Gasteiger partial charge in [-0.2, -0.15) is 0 Å². The summed E-state index contributed by atoms with van der Waals surface area (Å²) in [6.07, 6.45) is 103. The van der Waals surface area contributed by atoms with E-state index < -0.39 is 6.10 Å². The van der Waals surface area contributed by atoms with Crippen LogP contribution in [0, 0.1) is 0 Å². The number of hydrogen-bond donors (Lipinski definition) is 0. The summed E-state index contributed by atoms with van der Waals surface area (Å²) in [5.41, 5.74) is 0. The summed E-state index contributed by atoms with van der Waals surface area (Å²) in [4.78, 5) is 37.9. The second-order valence-electron chi connectivity index (χ2n) is 19.9. The van der Waals surface area contributed by atoms with Crippen molar-refractivity contribution in [2.45, 2.75) is 232 Å². The van der Waals surface area contributed by atoms with Crippen molar-refractivity contribution < 1.29 is 28.6 Å². The molecule has 0 aromatic heterocycles. The molecule has 0 saturated heterocycles. The summed E-state index contributed by atoms with van der Waals surface area (Å²) in [6, 6.07) is 0. The van der Waals surface area contributed by atoms with E-state index in [4.69, 9.17) is 14.2 Å². The molecule has 0 amide bonds. The van der Waals surface area contributed by atoms with E-state index in [-0.39, 0.29) is 44.0 Å². The molecule has 0 heterocycles. The van der Waals surface area contributed by atoms with E-state index in [1.54, 1.807) is 0 Å². The molecule has 1 atom stereocenters. The van der Waals surface area contributed by atoms with Crippen LogP contribution >= 0.6 is 0 Å². The van der Waals surface area contributed by atoms with Crippen LogP contribution in [0.25, 0.3) is 0 Å². The molecule has 0 saturated carbocycles. The lowest BCUT2D eigenvalue weighted by Gasteiger charge is -2.18. The van der Waals surface area contributed by atoms with Gasteiger partial charge in [0.1, 0.15) is 13.2 Å². The van der Waals surface area contributed by atoms with Crippen molar-refractivity contribution in [3.63, 3.8) is 0 Å². The number of carbonyl (C=O) groups excluding carboxylic acids is 3. The summed E-state index contributed by atoms with van der Waals surface area (Å²) >= 11 is 0. The molecular formula is C75H112O6. The van der Waals surface area contributed by atoms with Crippen molar-refractivity contribution in [1.29, 1.82) is 0 Å². The van der Waals surface area contributed by atoms with Gasteiger partial charge >= 0.3 is 17.9 Å². The van der Waals surface area contributed by atoms with Gasteiger partial charge in [0.05, 0.1) is 0 Å². The van der Waals surface area contributed by atoms with E-state index >= 15 is 0 Å². The second-order valence-corrected chi connectivity index (χ2v) is 19.9. The zero-order valence-electron chi connectivity index (χ0n) is 51.2. The highest BCUT2D eigenvalue weighted by atomic mass is 16.6. The molecule has 0 rings (SSSR count). The largest absolute Gasteiger partial charge is 0.462 e. The Labute approximate surface area is 496 Å². The Morgan fingerprint density at radius 1 is 0.259 bits per heavy atom. The first-order valence-electron chi connectivity index (χ1n) is 31.6. The van der Waals surface area contributed by atoms with Gasteiger partial charge in [0.15, 0.2) is 6.10 Å². The minimum atomic E-state index is -0.825. The molecule has 448 valence electrons. The van der Waals surface area contributed by atoms with Gasteiger partial charge in [0, 0.05) is 19.3 Å². The Bertz CT molecular complexity index is 2000. The molecule has 6 nitrogen and oxygen atoms in total. The zero-order valence-corrected chi connectivity index (χ0v) is 51.2. The third kappa shape index (κ3) is 64.7. The zero-order chi connectivity index (χ0) is 58.5. The number of allylic oxidation sites excluding steroid dienone is 34. The number of rotatable bonds is 54. The molecule has 0 fully saturated rings. The Morgan fingerprint density at radius 2 is 0.494 bits per heavy atom. The molecule has 0 aliphatic rings. The molecule has 0 radical (unpaired) electrons. The normalized spacial score (nSPS) is 13.6. The highest BCUT2D eigenvalue weighted by Gasteiger charge is 2.19.